The van der Waals surface area contributed by atoms with Crippen LogP contribution in [0.1, 0.15) is 88.1 Å². The van der Waals surface area contributed by atoms with Gasteiger partial charge in [0.15, 0.2) is 0 Å². The zero-order valence-corrected chi connectivity index (χ0v) is 29.6. The number of nitrogens with two attached hydrogens (primary N) is 1. The number of hydrogen-bond acceptors (Lipinski definition) is 12. The van der Waals surface area contributed by atoms with Crippen LogP contribution in [0.3, 0.4) is 0 Å². The van der Waals surface area contributed by atoms with Crippen molar-refractivity contribution in [3.05, 3.63) is 34.0 Å². The fraction of sp³-hybridized carbons (Fsp3) is 0.629. The maximum absolute atomic E-state index is 12.8. The number of pyridine rings is 1. The van der Waals surface area contributed by atoms with Gasteiger partial charge in [-0.1, -0.05) is 12.1 Å². The van der Waals surface area contributed by atoms with E-state index in [1.807, 2.05) is 26.8 Å². The lowest BCUT2D eigenvalue weighted by molar-refractivity contribution is 0.0240. The Balaban J connectivity index is 1.18. The number of thiophene rings is 1. The van der Waals surface area contributed by atoms with Gasteiger partial charge in [0.25, 0.3) is 0 Å². The van der Waals surface area contributed by atoms with Gasteiger partial charge in [0.2, 0.25) is 11.7 Å². The van der Waals surface area contributed by atoms with E-state index in [1.54, 1.807) is 4.90 Å². The molecule has 2 atom stereocenters. The molecule has 2 N–H and O–H groups in total. The first-order valence-corrected chi connectivity index (χ1v) is 18.1. The predicted molar refractivity (Wildman–Crippen MR) is 186 cm³/mol. The first-order chi connectivity index (χ1) is 22.9. The van der Waals surface area contributed by atoms with Crippen LogP contribution in [0.2, 0.25) is 0 Å². The number of nitriles is 1. The number of aromatic nitrogens is 3. The summed E-state index contributed by atoms with van der Waals surface area (Å²) in [5, 5.41) is 15.1. The highest BCUT2D eigenvalue weighted by molar-refractivity contribution is 7.16. The molecule has 5 heterocycles. The Bertz CT molecular complexity index is 1700. The molecule has 2 unspecified atom stereocenters. The van der Waals surface area contributed by atoms with E-state index in [9.17, 15) is 10.1 Å². The van der Waals surface area contributed by atoms with Gasteiger partial charge in [0, 0.05) is 81.1 Å². The van der Waals surface area contributed by atoms with Crippen LogP contribution >= 0.6 is 11.3 Å². The number of fused-ring (bicyclic) bond motifs is 1. The normalized spacial score (nSPS) is 23.6. The molecule has 2 aliphatic carbocycles. The summed E-state index contributed by atoms with van der Waals surface area (Å²) in [5.74, 6) is 2.99. The minimum atomic E-state index is -0.622. The first kappa shape index (κ1) is 32.6. The van der Waals surface area contributed by atoms with Crippen LogP contribution in [0.25, 0.3) is 11.5 Å². The lowest BCUT2D eigenvalue weighted by Gasteiger charge is -2.38. The Labute approximate surface area is 286 Å². The molecule has 1 saturated carbocycles. The van der Waals surface area contributed by atoms with Crippen molar-refractivity contribution < 1.29 is 14.1 Å². The smallest absolute Gasteiger partial charge is 0.410 e. The highest BCUT2D eigenvalue weighted by Gasteiger charge is 2.45. The maximum atomic E-state index is 12.8. The summed E-state index contributed by atoms with van der Waals surface area (Å²) < 4.78 is 11.7. The standard InChI is InChI=1S/C35H47N9O3S/c1-22-8-9-35(5,28-25(20-36)30(37)48-29(22)28)32-39-31(40-47-32)26-18-24(42-14-16-44(17-15-42)33(45)46-34(2,3)4)19-27(38-26)43-12-10-41(11-13-43)21-23-6-7-23/h18-19,22-23H,6-17,21,37H2,1-5H3. The summed E-state index contributed by atoms with van der Waals surface area (Å²) in [5.41, 5.74) is 8.29. The van der Waals surface area contributed by atoms with Gasteiger partial charge in [0.05, 0.1) is 11.0 Å². The van der Waals surface area contributed by atoms with Crippen molar-refractivity contribution in [3.63, 3.8) is 0 Å². The maximum Gasteiger partial charge on any atom is 0.410 e. The lowest BCUT2D eigenvalue weighted by Crippen LogP contribution is -2.50. The molecule has 1 amide bonds. The zero-order valence-electron chi connectivity index (χ0n) is 28.8. The highest BCUT2D eigenvalue weighted by Crippen LogP contribution is 2.52. The topological polar surface area (TPSA) is 141 Å². The first-order valence-electron chi connectivity index (χ1n) is 17.3. The van der Waals surface area contributed by atoms with E-state index in [0.29, 0.717) is 60.1 Å². The fourth-order valence-corrected chi connectivity index (χ4v) is 8.49. The van der Waals surface area contributed by atoms with E-state index in [2.05, 4.69) is 45.8 Å². The molecule has 3 aromatic rings. The van der Waals surface area contributed by atoms with Crippen LogP contribution < -0.4 is 15.5 Å². The summed E-state index contributed by atoms with van der Waals surface area (Å²) in [7, 11) is 0. The lowest BCUT2D eigenvalue weighted by atomic mass is 9.69. The van der Waals surface area contributed by atoms with E-state index in [-0.39, 0.29) is 6.09 Å². The number of ether oxygens (including phenoxy) is 1. The van der Waals surface area contributed by atoms with Crippen molar-refractivity contribution in [1.82, 2.24) is 24.9 Å². The monoisotopic (exact) mass is 673 g/mol. The van der Waals surface area contributed by atoms with E-state index in [0.717, 1.165) is 66.9 Å². The van der Waals surface area contributed by atoms with Crippen molar-refractivity contribution in [2.75, 3.05) is 74.4 Å². The van der Waals surface area contributed by atoms with Gasteiger partial charge in [-0.05, 0) is 71.3 Å². The third-order valence-electron chi connectivity index (χ3n) is 10.3. The molecule has 0 radical (unpaired) electrons. The van der Waals surface area contributed by atoms with Gasteiger partial charge in [-0.3, -0.25) is 4.90 Å². The molecular weight excluding hydrogens is 627 g/mol. The summed E-state index contributed by atoms with van der Waals surface area (Å²) in [6.45, 7) is 17.5. The molecule has 256 valence electrons. The molecule has 3 fully saturated rings. The molecule has 4 aliphatic rings. The molecule has 13 heteroatoms. The largest absolute Gasteiger partial charge is 0.444 e. The van der Waals surface area contributed by atoms with Gasteiger partial charge < -0.3 is 29.7 Å². The fourth-order valence-electron chi connectivity index (χ4n) is 7.26. The van der Waals surface area contributed by atoms with Crippen molar-refractivity contribution in [1.29, 1.82) is 5.26 Å². The van der Waals surface area contributed by atoms with Gasteiger partial charge in [-0.15, -0.1) is 11.3 Å². The Morgan fingerprint density at radius 1 is 1.08 bits per heavy atom. The van der Waals surface area contributed by atoms with E-state index in [4.69, 9.17) is 25.0 Å². The number of rotatable bonds is 6. The van der Waals surface area contributed by atoms with Crippen molar-refractivity contribution >= 4 is 33.9 Å². The summed E-state index contributed by atoms with van der Waals surface area (Å²) in [6.07, 6.45) is 4.16. The molecule has 0 aromatic carbocycles. The van der Waals surface area contributed by atoms with Crippen LogP contribution in [-0.4, -0.2) is 95.5 Å². The second kappa shape index (κ2) is 12.5. The molecule has 7 rings (SSSR count). The van der Waals surface area contributed by atoms with Crippen molar-refractivity contribution in [3.8, 4) is 17.6 Å². The number of carbonyl (C=O) groups is 1. The van der Waals surface area contributed by atoms with Crippen molar-refractivity contribution in [2.45, 2.75) is 77.2 Å². The third kappa shape index (κ3) is 6.44. The molecular formula is C35H47N9O3S. The van der Waals surface area contributed by atoms with Crippen LogP contribution in [0.15, 0.2) is 16.7 Å². The van der Waals surface area contributed by atoms with Crippen LogP contribution in [0.5, 0.6) is 0 Å². The van der Waals surface area contributed by atoms with Gasteiger partial charge in [-0.2, -0.15) is 10.2 Å². The highest BCUT2D eigenvalue weighted by atomic mass is 32.1. The number of anilines is 3. The quantitative estimate of drug-likeness (QED) is 0.358. The predicted octanol–water partition coefficient (Wildman–Crippen LogP) is 5.44. The number of nitrogens with zero attached hydrogens (tertiary/aromatic N) is 8. The van der Waals surface area contributed by atoms with Gasteiger partial charge in [0.1, 0.15) is 28.2 Å². The molecule has 3 aromatic heterocycles. The van der Waals surface area contributed by atoms with E-state index >= 15 is 0 Å². The number of piperazine rings is 2. The second-order valence-corrected chi connectivity index (χ2v) is 16.2. The summed E-state index contributed by atoms with van der Waals surface area (Å²) in [4.78, 5) is 33.0. The average molecular weight is 674 g/mol. The van der Waals surface area contributed by atoms with Gasteiger partial charge >= 0.3 is 6.09 Å². The Morgan fingerprint density at radius 2 is 1.79 bits per heavy atom. The number of carbonyl (C=O) groups excluding carboxylic acids is 1. The Kier molecular flexibility index (Phi) is 8.52. The minimum absolute atomic E-state index is 0.276. The van der Waals surface area contributed by atoms with E-state index < -0.39 is 11.0 Å². The molecule has 2 aliphatic heterocycles. The van der Waals surface area contributed by atoms with Crippen molar-refractivity contribution in [2.24, 2.45) is 5.92 Å². The SMILES string of the molecule is CC1CCC(C)(c2nc(-c3cc(N4CCN(C(=O)OC(C)(C)C)CC4)cc(N4CCN(CC5CC5)CC4)n3)no2)c2c1sc(N)c2C#N. The van der Waals surface area contributed by atoms with Crippen LogP contribution in [-0.2, 0) is 10.2 Å². The molecule has 12 nitrogen and oxygen atoms in total. The third-order valence-corrected chi connectivity index (χ3v) is 11.5. The molecule has 48 heavy (non-hydrogen) atoms. The van der Waals surface area contributed by atoms with Gasteiger partial charge in [-0.25, -0.2) is 9.78 Å². The Hall–Kier alpha value is -3.89. The average Bonchev–Trinajstić information content (AvgIpc) is 3.59. The number of hydrogen-bond donors (Lipinski definition) is 1. The Morgan fingerprint density at radius 3 is 2.46 bits per heavy atom. The van der Waals surface area contributed by atoms with Crippen LogP contribution in [0.4, 0.5) is 21.3 Å². The molecule has 0 bridgehead atoms. The zero-order chi connectivity index (χ0) is 33.8. The summed E-state index contributed by atoms with van der Waals surface area (Å²) >= 11 is 1.50. The van der Waals surface area contributed by atoms with E-state index in [1.165, 1.54) is 30.7 Å². The number of nitrogen functional groups attached to an aromatic ring is 1. The minimum Gasteiger partial charge on any atom is -0.444 e. The molecule has 2 saturated heterocycles. The summed E-state index contributed by atoms with van der Waals surface area (Å²) in [6, 6.07) is 6.54. The molecule has 0 spiro atoms. The van der Waals surface area contributed by atoms with Crippen LogP contribution in [0, 0.1) is 17.2 Å². The second-order valence-electron chi connectivity index (χ2n) is 15.1. The number of amides is 1.